The Balaban J connectivity index is 2.28. The number of rotatable bonds is 3. The quantitative estimate of drug-likeness (QED) is 0.650. The van der Waals surface area contributed by atoms with Gasteiger partial charge < -0.3 is 10.4 Å². The van der Waals surface area contributed by atoms with Crippen LogP contribution in [0.5, 0.6) is 5.75 Å². The van der Waals surface area contributed by atoms with Crippen LogP contribution in [0, 0.1) is 5.82 Å². The highest BCUT2D eigenvalue weighted by Crippen LogP contribution is 2.33. The van der Waals surface area contributed by atoms with E-state index in [1.165, 1.54) is 19.2 Å². The highest BCUT2D eigenvalue weighted by molar-refractivity contribution is 8.26. The number of halogens is 1. The number of nitrogens with zero attached hydrogens (tertiary/aromatic N) is 1. The van der Waals surface area contributed by atoms with Gasteiger partial charge in [-0.2, -0.15) is 0 Å². The maximum Gasteiger partial charge on any atom is 0.266 e. The molecule has 0 unspecified atom stereocenters. The first-order valence-electron chi connectivity index (χ1n) is 5.87. The Labute approximate surface area is 129 Å². The fourth-order valence-corrected chi connectivity index (χ4v) is 2.89. The van der Waals surface area contributed by atoms with Crippen LogP contribution in [0.3, 0.4) is 0 Å². The molecular weight excluding hydrogens is 315 g/mol. The van der Waals surface area contributed by atoms with Gasteiger partial charge in [-0.3, -0.25) is 14.5 Å². The zero-order valence-electron chi connectivity index (χ0n) is 10.9. The minimum Gasteiger partial charge on any atom is -0.507 e. The predicted molar refractivity (Wildman–Crippen MR) is 82.0 cm³/mol. The van der Waals surface area contributed by atoms with Crippen molar-refractivity contribution in [1.29, 1.82) is 0 Å². The molecule has 0 bridgehead atoms. The van der Waals surface area contributed by atoms with Crippen molar-refractivity contribution in [2.45, 2.75) is 0 Å². The SMILES string of the molecule is CNC(=O)CN1C(=O)/C(=C\c2cc(F)ccc2O)SC1=S. The summed E-state index contributed by atoms with van der Waals surface area (Å²) in [5.74, 6) is -1.47. The minimum absolute atomic E-state index is 0.145. The Hall–Kier alpha value is -1.93. The molecule has 0 aliphatic carbocycles. The summed E-state index contributed by atoms with van der Waals surface area (Å²) < 4.78 is 13.4. The molecule has 1 aromatic carbocycles. The first-order valence-corrected chi connectivity index (χ1v) is 7.09. The average Bonchev–Trinajstić information content (AvgIpc) is 2.70. The third-order valence-corrected chi connectivity index (χ3v) is 4.11. The number of carbonyl (C=O) groups is 2. The second-order valence-electron chi connectivity index (χ2n) is 4.14. The standard InChI is InChI=1S/C13H11FN2O3S2/c1-15-11(18)6-16-12(19)10(21-13(16)20)5-7-4-8(14)2-3-9(7)17/h2-5,17H,6H2,1H3,(H,15,18)/b10-5+. The van der Waals surface area contributed by atoms with Crippen molar-refractivity contribution in [1.82, 2.24) is 10.2 Å². The van der Waals surface area contributed by atoms with E-state index in [9.17, 15) is 19.1 Å². The molecule has 0 atom stereocenters. The first kappa shape index (κ1) is 15.5. The lowest BCUT2D eigenvalue weighted by atomic mass is 10.2. The van der Waals surface area contributed by atoms with Crippen LogP contribution in [-0.2, 0) is 9.59 Å². The van der Waals surface area contributed by atoms with E-state index in [2.05, 4.69) is 5.32 Å². The molecule has 1 fully saturated rings. The Kier molecular flexibility index (Phi) is 4.59. The topological polar surface area (TPSA) is 69.6 Å². The van der Waals surface area contributed by atoms with Gasteiger partial charge in [0.05, 0.1) is 4.91 Å². The van der Waals surface area contributed by atoms with Gasteiger partial charge in [-0.25, -0.2) is 4.39 Å². The zero-order chi connectivity index (χ0) is 15.6. The van der Waals surface area contributed by atoms with Crippen LogP contribution >= 0.6 is 24.0 Å². The third-order valence-electron chi connectivity index (χ3n) is 2.73. The number of phenols is 1. The molecule has 0 spiro atoms. The normalized spacial score (nSPS) is 16.7. The molecule has 8 heteroatoms. The summed E-state index contributed by atoms with van der Waals surface area (Å²) in [6.07, 6.45) is 1.35. The predicted octanol–water partition coefficient (Wildman–Crippen LogP) is 1.48. The lowest BCUT2D eigenvalue weighted by Gasteiger charge is -2.12. The van der Waals surface area contributed by atoms with E-state index in [0.29, 0.717) is 0 Å². The van der Waals surface area contributed by atoms with Crippen LogP contribution < -0.4 is 5.32 Å². The van der Waals surface area contributed by atoms with Crippen molar-refractivity contribution in [2.75, 3.05) is 13.6 Å². The first-order chi connectivity index (χ1) is 9.92. The number of likely N-dealkylation sites (N-methyl/N-ethyl adjacent to an activating group) is 1. The van der Waals surface area contributed by atoms with Gasteiger partial charge in [0, 0.05) is 12.6 Å². The van der Waals surface area contributed by atoms with E-state index >= 15 is 0 Å². The number of phenolic OH excluding ortho intramolecular Hbond substituents is 1. The molecule has 5 nitrogen and oxygen atoms in total. The summed E-state index contributed by atoms with van der Waals surface area (Å²) in [5.41, 5.74) is 0.176. The molecule has 1 aromatic rings. The number of aromatic hydroxyl groups is 1. The molecule has 1 saturated heterocycles. The highest BCUT2D eigenvalue weighted by atomic mass is 32.2. The maximum atomic E-state index is 13.2. The summed E-state index contributed by atoms with van der Waals surface area (Å²) in [7, 11) is 1.46. The number of nitrogens with one attached hydrogen (secondary N) is 1. The summed E-state index contributed by atoms with van der Waals surface area (Å²) in [6, 6.07) is 3.43. The van der Waals surface area contributed by atoms with E-state index < -0.39 is 11.7 Å². The van der Waals surface area contributed by atoms with Crippen molar-refractivity contribution >= 4 is 46.2 Å². The molecule has 2 N–H and O–H groups in total. The molecule has 0 aromatic heterocycles. The number of hydrogen-bond donors (Lipinski definition) is 2. The van der Waals surface area contributed by atoms with E-state index in [1.54, 1.807) is 0 Å². The Morgan fingerprint density at radius 1 is 1.57 bits per heavy atom. The molecule has 2 rings (SSSR count). The summed E-state index contributed by atoms with van der Waals surface area (Å²) in [6.45, 7) is -0.173. The summed E-state index contributed by atoms with van der Waals surface area (Å²) in [4.78, 5) is 24.9. The van der Waals surface area contributed by atoms with Crippen molar-refractivity contribution in [2.24, 2.45) is 0 Å². The Morgan fingerprint density at radius 3 is 2.95 bits per heavy atom. The molecule has 1 aliphatic rings. The highest BCUT2D eigenvalue weighted by Gasteiger charge is 2.33. The molecule has 110 valence electrons. The Morgan fingerprint density at radius 2 is 2.29 bits per heavy atom. The fraction of sp³-hybridized carbons (Fsp3) is 0.154. The maximum absolute atomic E-state index is 13.2. The summed E-state index contributed by atoms with van der Waals surface area (Å²) in [5, 5.41) is 12.1. The van der Waals surface area contributed by atoms with Crippen molar-refractivity contribution in [3.8, 4) is 5.75 Å². The molecule has 2 amide bonds. The molecular formula is C13H11FN2O3S2. The number of thioether (sulfide) groups is 1. The van der Waals surface area contributed by atoms with Gasteiger partial charge >= 0.3 is 0 Å². The second-order valence-corrected chi connectivity index (χ2v) is 5.82. The Bertz CT molecular complexity index is 661. The summed E-state index contributed by atoms with van der Waals surface area (Å²) >= 11 is 6.05. The van der Waals surface area contributed by atoms with Crippen LogP contribution in [0.1, 0.15) is 5.56 Å². The zero-order valence-corrected chi connectivity index (χ0v) is 12.6. The average molecular weight is 326 g/mol. The second kappa shape index (κ2) is 6.23. The third kappa shape index (κ3) is 3.40. The smallest absolute Gasteiger partial charge is 0.266 e. The van der Waals surface area contributed by atoms with Crippen LogP contribution in [-0.4, -0.2) is 39.7 Å². The van der Waals surface area contributed by atoms with Crippen molar-refractivity contribution < 1.29 is 19.1 Å². The van der Waals surface area contributed by atoms with Gasteiger partial charge in [-0.05, 0) is 24.3 Å². The van der Waals surface area contributed by atoms with Crippen molar-refractivity contribution in [3.63, 3.8) is 0 Å². The fourth-order valence-electron chi connectivity index (χ4n) is 1.64. The van der Waals surface area contributed by atoms with Crippen LogP contribution in [0.15, 0.2) is 23.1 Å². The van der Waals surface area contributed by atoms with E-state index in [4.69, 9.17) is 12.2 Å². The molecule has 21 heavy (non-hydrogen) atoms. The van der Waals surface area contributed by atoms with Crippen LogP contribution in [0.25, 0.3) is 6.08 Å². The van der Waals surface area contributed by atoms with E-state index in [0.717, 1.165) is 28.8 Å². The van der Waals surface area contributed by atoms with Gasteiger partial charge in [-0.15, -0.1) is 0 Å². The number of benzene rings is 1. The minimum atomic E-state index is -0.528. The van der Waals surface area contributed by atoms with Gasteiger partial charge in [0.2, 0.25) is 5.91 Å². The number of thiocarbonyl (C=S) groups is 1. The van der Waals surface area contributed by atoms with Crippen molar-refractivity contribution in [3.05, 3.63) is 34.5 Å². The number of carbonyl (C=O) groups excluding carboxylic acids is 2. The molecule has 1 aliphatic heterocycles. The van der Waals surface area contributed by atoms with Crippen LogP contribution in [0.4, 0.5) is 4.39 Å². The lowest BCUT2D eigenvalue weighted by Crippen LogP contribution is -2.38. The van der Waals surface area contributed by atoms with Gasteiger partial charge in [0.1, 0.15) is 22.4 Å². The van der Waals surface area contributed by atoms with Gasteiger partial charge in [-0.1, -0.05) is 24.0 Å². The van der Waals surface area contributed by atoms with E-state index in [1.807, 2.05) is 0 Å². The van der Waals surface area contributed by atoms with Gasteiger partial charge in [0.25, 0.3) is 5.91 Å². The van der Waals surface area contributed by atoms with Gasteiger partial charge in [0.15, 0.2) is 0 Å². The number of hydrogen-bond acceptors (Lipinski definition) is 5. The largest absolute Gasteiger partial charge is 0.507 e. The molecule has 1 heterocycles. The monoisotopic (exact) mass is 326 g/mol. The van der Waals surface area contributed by atoms with Crippen LogP contribution in [0.2, 0.25) is 0 Å². The van der Waals surface area contributed by atoms with E-state index in [-0.39, 0.29) is 33.0 Å². The molecule has 0 radical (unpaired) electrons. The molecule has 0 saturated carbocycles. The number of amides is 2. The lowest BCUT2D eigenvalue weighted by molar-refractivity contribution is -0.128.